The molecule has 1 atom stereocenters. The van der Waals surface area contributed by atoms with E-state index in [4.69, 9.17) is 4.42 Å². The van der Waals surface area contributed by atoms with Crippen LogP contribution in [0.5, 0.6) is 0 Å². The minimum absolute atomic E-state index is 0.0342. The van der Waals surface area contributed by atoms with Gasteiger partial charge in [-0.3, -0.25) is 9.69 Å². The fourth-order valence-corrected chi connectivity index (χ4v) is 5.92. The Hall–Kier alpha value is -1.97. The first kappa shape index (κ1) is 16.5. The molecule has 4 rings (SSSR count). The highest BCUT2D eigenvalue weighted by Crippen LogP contribution is 2.31. The van der Waals surface area contributed by atoms with E-state index >= 15 is 0 Å². The first-order valence-corrected chi connectivity index (χ1v) is 10.6. The molecule has 0 radical (unpaired) electrons. The van der Waals surface area contributed by atoms with Gasteiger partial charge in [0.2, 0.25) is 0 Å². The van der Waals surface area contributed by atoms with E-state index in [1.54, 1.807) is 12.3 Å². The van der Waals surface area contributed by atoms with Crippen LogP contribution in [0.2, 0.25) is 0 Å². The third-order valence-electron chi connectivity index (χ3n) is 4.51. The maximum Gasteiger partial charge on any atom is 0.260 e. The quantitative estimate of drug-likeness (QED) is 0.743. The topological polar surface area (TPSA) is 96.3 Å². The van der Waals surface area contributed by atoms with E-state index < -0.39 is 9.84 Å². The van der Waals surface area contributed by atoms with Gasteiger partial charge in [-0.25, -0.2) is 13.4 Å². The molecular formula is C16H17N3O4S2. The molecule has 0 aromatic carbocycles. The number of fused-ring (bicyclic) bond motifs is 1. The molecule has 1 N–H and O–H groups in total. The molecule has 7 nitrogen and oxygen atoms in total. The maximum atomic E-state index is 12.5. The molecule has 1 unspecified atom stereocenters. The largest absolute Gasteiger partial charge is 0.464 e. The number of sulfone groups is 1. The molecule has 0 amide bonds. The molecule has 1 aliphatic rings. The lowest BCUT2D eigenvalue weighted by Gasteiger charge is -2.22. The molecule has 1 fully saturated rings. The van der Waals surface area contributed by atoms with Crippen LogP contribution in [0.15, 0.2) is 33.0 Å². The number of aromatic nitrogens is 2. The third kappa shape index (κ3) is 3.14. The van der Waals surface area contributed by atoms with E-state index in [0.29, 0.717) is 34.8 Å². The summed E-state index contributed by atoms with van der Waals surface area (Å²) in [7, 11) is -1.08. The molecule has 3 aromatic heterocycles. The third-order valence-corrected chi connectivity index (χ3v) is 7.13. The number of aromatic amines is 1. The first-order chi connectivity index (χ1) is 11.9. The van der Waals surface area contributed by atoms with Gasteiger partial charge in [0.15, 0.2) is 9.84 Å². The summed E-state index contributed by atoms with van der Waals surface area (Å²) in [6.07, 6.45) is 2.19. The summed E-state index contributed by atoms with van der Waals surface area (Å²) in [5.41, 5.74) is 0.528. The van der Waals surface area contributed by atoms with Crippen molar-refractivity contribution in [2.75, 3.05) is 18.6 Å². The monoisotopic (exact) mass is 379 g/mol. The number of furan rings is 1. The van der Waals surface area contributed by atoms with Crippen LogP contribution >= 0.6 is 11.3 Å². The maximum absolute atomic E-state index is 12.5. The smallest absolute Gasteiger partial charge is 0.260 e. The molecule has 132 valence electrons. The van der Waals surface area contributed by atoms with Crippen LogP contribution in [0.3, 0.4) is 0 Å². The van der Waals surface area contributed by atoms with E-state index in [9.17, 15) is 13.2 Å². The highest BCUT2D eigenvalue weighted by molar-refractivity contribution is 7.91. The van der Waals surface area contributed by atoms with Crippen molar-refractivity contribution in [2.45, 2.75) is 19.0 Å². The summed E-state index contributed by atoms with van der Waals surface area (Å²) < 4.78 is 28.7. The van der Waals surface area contributed by atoms with E-state index in [0.717, 1.165) is 5.56 Å². The summed E-state index contributed by atoms with van der Waals surface area (Å²) in [6.45, 7) is 0.402. The van der Waals surface area contributed by atoms with Gasteiger partial charge in [0.25, 0.3) is 5.56 Å². The van der Waals surface area contributed by atoms with Crippen LogP contribution in [0, 0.1) is 0 Å². The zero-order chi connectivity index (χ0) is 17.6. The number of hydrogen-bond acceptors (Lipinski definition) is 7. The van der Waals surface area contributed by atoms with E-state index in [1.165, 1.54) is 11.3 Å². The van der Waals surface area contributed by atoms with Crippen LogP contribution < -0.4 is 5.56 Å². The molecule has 1 saturated heterocycles. The second-order valence-corrected chi connectivity index (χ2v) is 9.38. The molecule has 0 aliphatic carbocycles. The number of rotatable bonds is 4. The van der Waals surface area contributed by atoms with Crippen molar-refractivity contribution in [2.24, 2.45) is 0 Å². The van der Waals surface area contributed by atoms with Crippen LogP contribution in [-0.4, -0.2) is 47.9 Å². The lowest BCUT2D eigenvalue weighted by atomic mass is 10.2. The summed E-state index contributed by atoms with van der Waals surface area (Å²) in [5, 5.41) is 2.39. The summed E-state index contributed by atoms with van der Waals surface area (Å²) >= 11 is 1.39. The van der Waals surface area contributed by atoms with Crippen molar-refractivity contribution in [3.05, 3.63) is 40.0 Å². The number of thiophene rings is 1. The molecule has 25 heavy (non-hydrogen) atoms. The van der Waals surface area contributed by atoms with Crippen molar-refractivity contribution in [3.8, 4) is 11.3 Å². The zero-order valence-corrected chi connectivity index (χ0v) is 15.2. The molecule has 3 aromatic rings. The van der Waals surface area contributed by atoms with Gasteiger partial charge < -0.3 is 9.40 Å². The standard InChI is InChI=1S/C16H17N3O4S2/c1-19(10-4-6-25(21,22)9-10)7-13-17-15(20)14-11(8-24-16(14)18-13)12-3-2-5-23-12/h2-3,5,8,10H,4,6-7,9H2,1H3,(H,17,18,20). The van der Waals surface area contributed by atoms with Crippen molar-refractivity contribution >= 4 is 31.4 Å². The van der Waals surface area contributed by atoms with E-state index in [2.05, 4.69) is 9.97 Å². The van der Waals surface area contributed by atoms with Gasteiger partial charge in [-0.1, -0.05) is 0 Å². The summed E-state index contributed by atoms with van der Waals surface area (Å²) in [4.78, 5) is 22.5. The van der Waals surface area contributed by atoms with Crippen molar-refractivity contribution < 1.29 is 12.8 Å². The second kappa shape index (κ2) is 6.08. The fraction of sp³-hybridized carbons (Fsp3) is 0.375. The second-order valence-electron chi connectivity index (χ2n) is 6.29. The Balaban J connectivity index is 1.63. The van der Waals surface area contributed by atoms with Crippen LogP contribution in [0.25, 0.3) is 21.5 Å². The van der Waals surface area contributed by atoms with E-state index in [1.807, 2.05) is 23.4 Å². The molecule has 9 heteroatoms. The fourth-order valence-electron chi connectivity index (χ4n) is 3.17. The zero-order valence-electron chi connectivity index (χ0n) is 13.6. The predicted molar refractivity (Wildman–Crippen MR) is 96.5 cm³/mol. The Labute approximate surface area is 148 Å². The normalized spacial score (nSPS) is 19.8. The lowest BCUT2D eigenvalue weighted by Crippen LogP contribution is -2.33. The molecular weight excluding hydrogens is 362 g/mol. The Kier molecular flexibility index (Phi) is 4.01. The first-order valence-electron chi connectivity index (χ1n) is 7.88. The highest BCUT2D eigenvalue weighted by atomic mass is 32.2. The van der Waals surface area contributed by atoms with Gasteiger partial charge in [-0.15, -0.1) is 11.3 Å². The van der Waals surface area contributed by atoms with Crippen molar-refractivity contribution in [1.82, 2.24) is 14.9 Å². The Morgan fingerprint density at radius 2 is 2.32 bits per heavy atom. The number of nitrogens with one attached hydrogen (secondary N) is 1. The summed E-state index contributed by atoms with van der Waals surface area (Å²) in [6, 6.07) is 3.55. The summed E-state index contributed by atoms with van der Waals surface area (Å²) in [5.74, 6) is 1.57. The van der Waals surface area contributed by atoms with Crippen molar-refractivity contribution in [3.63, 3.8) is 0 Å². The van der Waals surface area contributed by atoms with E-state index in [-0.39, 0.29) is 23.1 Å². The molecule has 0 saturated carbocycles. The minimum atomic E-state index is -2.94. The Morgan fingerprint density at radius 1 is 1.48 bits per heavy atom. The molecule has 0 bridgehead atoms. The SMILES string of the molecule is CN(Cc1nc2scc(-c3ccco3)c2c(=O)[nH]1)C1CCS(=O)(=O)C1. The molecule has 1 aliphatic heterocycles. The highest BCUT2D eigenvalue weighted by Gasteiger charge is 2.30. The minimum Gasteiger partial charge on any atom is -0.464 e. The Morgan fingerprint density at radius 3 is 3.00 bits per heavy atom. The lowest BCUT2D eigenvalue weighted by molar-refractivity contribution is 0.248. The number of nitrogens with zero attached hydrogens (tertiary/aromatic N) is 2. The molecule has 4 heterocycles. The van der Waals surface area contributed by atoms with Crippen LogP contribution in [0.1, 0.15) is 12.2 Å². The van der Waals surface area contributed by atoms with Gasteiger partial charge in [0.05, 0.1) is 29.7 Å². The van der Waals surface area contributed by atoms with Crippen LogP contribution in [0.4, 0.5) is 0 Å². The van der Waals surface area contributed by atoms with Gasteiger partial charge in [-0.2, -0.15) is 0 Å². The average Bonchev–Trinajstić information content (AvgIpc) is 3.25. The Bertz CT molecular complexity index is 1070. The number of H-pyrrole nitrogens is 1. The predicted octanol–water partition coefficient (Wildman–Crippen LogP) is 1.86. The number of hydrogen-bond donors (Lipinski definition) is 1. The van der Waals surface area contributed by atoms with Crippen molar-refractivity contribution in [1.29, 1.82) is 0 Å². The average molecular weight is 379 g/mol. The van der Waals surface area contributed by atoms with Gasteiger partial charge in [-0.05, 0) is 25.6 Å². The van der Waals surface area contributed by atoms with Gasteiger partial charge in [0, 0.05) is 17.0 Å². The van der Waals surface area contributed by atoms with Gasteiger partial charge >= 0.3 is 0 Å². The van der Waals surface area contributed by atoms with Crippen LogP contribution in [-0.2, 0) is 16.4 Å². The molecule has 0 spiro atoms. The van der Waals surface area contributed by atoms with Gasteiger partial charge in [0.1, 0.15) is 16.4 Å².